The molecule has 1 aromatic heterocycles. The molecule has 0 bridgehead atoms. The minimum atomic E-state index is 0.0283. The van der Waals surface area contributed by atoms with Crippen molar-refractivity contribution in [3.05, 3.63) is 10.7 Å². The first-order valence-electron chi connectivity index (χ1n) is 6.37. The van der Waals surface area contributed by atoms with Gasteiger partial charge in [0.2, 0.25) is 11.9 Å². The van der Waals surface area contributed by atoms with Crippen LogP contribution in [0.4, 0.5) is 11.8 Å². The molecule has 0 aliphatic heterocycles. The maximum absolute atomic E-state index is 11.8. The van der Waals surface area contributed by atoms with Crippen molar-refractivity contribution in [1.29, 1.82) is 0 Å². The minimum absolute atomic E-state index is 0.0283. The summed E-state index contributed by atoms with van der Waals surface area (Å²) in [4.78, 5) is 22.1. The number of nitrogens with one attached hydrogen (secondary N) is 2. The van der Waals surface area contributed by atoms with Crippen LogP contribution in [0.25, 0.3) is 0 Å². The molecule has 19 heavy (non-hydrogen) atoms. The van der Waals surface area contributed by atoms with Crippen LogP contribution in [0.2, 0.25) is 0 Å². The van der Waals surface area contributed by atoms with E-state index in [9.17, 15) is 4.79 Å². The highest BCUT2D eigenvalue weighted by Gasteiger charge is 2.24. The Balaban J connectivity index is 2.01. The Labute approximate surface area is 121 Å². The third-order valence-electron chi connectivity index (χ3n) is 2.75. The van der Waals surface area contributed by atoms with Gasteiger partial charge in [0, 0.05) is 25.8 Å². The number of likely N-dealkylation sites (N-methyl/N-ethyl adjacent to an activating group) is 1. The molecule has 2 rings (SSSR count). The van der Waals surface area contributed by atoms with Crippen molar-refractivity contribution in [2.24, 2.45) is 0 Å². The maximum atomic E-state index is 11.8. The summed E-state index contributed by atoms with van der Waals surface area (Å²) >= 11 is 3.41. The Kier molecular flexibility index (Phi) is 4.57. The van der Waals surface area contributed by atoms with Crippen molar-refractivity contribution in [2.45, 2.75) is 25.8 Å². The van der Waals surface area contributed by atoms with Gasteiger partial charge < -0.3 is 15.5 Å². The van der Waals surface area contributed by atoms with Gasteiger partial charge in [0.25, 0.3) is 0 Å². The fourth-order valence-electron chi connectivity index (χ4n) is 1.66. The number of hydrogen-bond donors (Lipinski definition) is 2. The van der Waals surface area contributed by atoms with Crippen molar-refractivity contribution in [2.75, 3.05) is 30.4 Å². The number of aromatic nitrogens is 2. The molecular formula is C12H18BrN5O. The number of carbonyl (C=O) groups is 1. The van der Waals surface area contributed by atoms with E-state index < -0.39 is 0 Å². The average Bonchev–Trinajstić information content (AvgIpc) is 3.15. The van der Waals surface area contributed by atoms with E-state index in [1.54, 1.807) is 6.20 Å². The van der Waals surface area contributed by atoms with E-state index in [1.807, 2.05) is 18.9 Å². The maximum Gasteiger partial charge on any atom is 0.239 e. The van der Waals surface area contributed by atoms with Gasteiger partial charge in [-0.2, -0.15) is 4.98 Å². The Morgan fingerprint density at radius 3 is 2.95 bits per heavy atom. The van der Waals surface area contributed by atoms with Crippen LogP contribution in [0, 0.1) is 0 Å². The Morgan fingerprint density at radius 1 is 1.58 bits per heavy atom. The van der Waals surface area contributed by atoms with Crippen molar-refractivity contribution >= 4 is 33.6 Å². The average molecular weight is 328 g/mol. The fourth-order valence-corrected chi connectivity index (χ4v) is 2.15. The zero-order valence-electron chi connectivity index (χ0n) is 11.1. The molecular weight excluding hydrogens is 310 g/mol. The normalized spacial score (nSPS) is 14.1. The predicted octanol–water partition coefficient (Wildman–Crippen LogP) is 1.39. The van der Waals surface area contributed by atoms with Gasteiger partial charge in [0.05, 0.1) is 11.0 Å². The number of anilines is 2. The zero-order valence-corrected chi connectivity index (χ0v) is 12.7. The van der Waals surface area contributed by atoms with Gasteiger partial charge in [-0.05, 0) is 35.7 Å². The van der Waals surface area contributed by atoms with Gasteiger partial charge in [0.1, 0.15) is 5.82 Å². The summed E-state index contributed by atoms with van der Waals surface area (Å²) in [5, 5.41) is 6.01. The van der Waals surface area contributed by atoms with Crippen LogP contribution in [0.1, 0.15) is 19.8 Å². The van der Waals surface area contributed by atoms with Crippen LogP contribution >= 0.6 is 15.9 Å². The summed E-state index contributed by atoms with van der Waals surface area (Å²) in [5.41, 5.74) is 0. The third-order valence-corrected chi connectivity index (χ3v) is 3.30. The lowest BCUT2D eigenvalue weighted by Gasteiger charge is -2.19. The molecule has 0 aromatic carbocycles. The molecule has 1 aliphatic rings. The molecule has 1 aromatic rings. The highest BCUT2D eigenvalue weighted by molar-refractivity contribution is 9.10. The molecule has 1 amide bonds. The summed E-state index contributed by atoms with van der Waals surface area (Å²) in [6.45, 7) is 3.03. The summed E-state index contributed by atoms with van der Waals surface area (Å²) in [6.07, 6.45) is 3.88. The monoisotopic (exact) mass is 327 g/mol. The molecule has 1 fully saturated rings. The molecule has 104 valence electrons. The number of carbonyl (C=O) groups excluding carboxylic acids is 1. The van der Waals surface area contributed by atoms with Crippen molar-refractivity contribution in [3.63, 3.8) is 0 Å². The number of hydrogen-bond acceptors (Lipinski definition) is 5. The number of amides is 1. The Bertz CT molecular complexity index is 463. The van der Waals surface area contributed by atoms with Crippen LogP contribution in [0.5, 0.6) is 0 Å². The van der Waals surface area contributed by atoms with Crippen molar-refractivity contribution in [1.82, 2.24) is 15.3 Å². The molecule has 1 heterocycles. The van der Waals surface area contributed by atoms with E-state index in [1.165, 1.54) is 0 Å². The Hall–Kier alpha value is -1.37. The van der Waals surface area contributed by atoms with Crippen LogP contribution < -0.4 is 15.5 Å². The summed E-state index contributed by atoms with van der Waals surface area (Å²) < 4.78 is 0.774. The standard InChI is InChI=1S/C12H18BrN5O/c1-3-14-12-15-6-9(13)11(17-12)18(2)7-10(19)16-8-4-5-8/h6,8H,3-5,7H2,1-2H3,(H,16,19)(H,14,15,17). The molecule has 1 aliphatic carbocycles. The second-order valence-electron chi connectivity index (χ2n) is 4.59. The van der Waals surface area contributed by atoms with E-state index in [4.69, 9.17) is 0 Å². The lowest BCUT2D eigenvalue weighted by atomic mass is 10.4. The van der Waals surface area contributed by atoms with Crippen LogP contribution in [0.15, 0.2) is 10.7 Å². The van der Waals surface area contributed by atoms with E-state index >= 15 is 0 Å². The Morgan fingerprint density at radius 2 is 2.32 bits per heavy atom. The molecule has 0 atom stereocenters. The highest BCUT2D eigenvalue weighted by atomic mass is 79.9. The topological polar surface area (TPSA) is 70.2 Å². The van der Waals surface area contributed by atoms with Gasteiger partial charge >= 0.3 is 0 Å². The molecule has 1 saturated carbocycles. The fraction of sp³-hybridized carbons (Fsp3) is 0.583. The van der Waals surface area contributed by atoms with Crippen LogP contribution in [0.3, 0.4) is 0 Å². The highest BCUT2D eigenvalue weighted by Crippen LogP contribution is 2.23. The van der Waals surface area contributed by atoms with Crippen molar-refractivity contribution < 1.29 is 4.79 Å². The van der Waals surface area contributed by atoms with Crippen molar-refractivity contribution in [3.8, 4) is 0 Å². The molecule has 6 nitrogen and oxygen atoms in total. The van der Waals surface area contributed by atoms with Gasteiger partial charge in [-0.25, -0.2) is 4.98 Å². The van der Waals surface area contributed by atoms with Gasteiger partial charge in [0.15, 0.2) is 0 Å². The van der Waals surface area contributed by atoms with E-state index in [0.29, 0.717) is 17.8 Å². The number of nitrogens with zero attached hydrogens (tertiary/aromatic N) is 3. The summed E-state index contributed by atoms with van der Waals surface area (Å²) in [6, 6.07) is 0.382. The lowest BCUT2D eigenvalue weighted by Crippen LogP contribution is -2.36. The first-order chi connectivity index (χ1) is 9.10. The molecule has 0 radical (unpaired) electrons. The smallest absolute Gasteiger partial charge is 0.239 e. The quantitative estimate of drug-likeness (QED) is 0.826. The third kappa shape index (κ3) is 4.05. The first kappa shape index (κ1) is 14.0. The van der Waals surface area contributed by atoms with E-state index in [2.05, 4.69) is 36.5 Å². The van der Waals surface area contributed by atoms with E-state index in [0.717, 1.165) is 23.9 Å². The largest absolute Gasteiger partial charge is 0.354 e. The predicted molar refractivity (Wildman–Crippen MR) is 78.3 cm³/mol. The summed E-state index contributed by atoms with van der Waals surface area (Å²) in [5.74, 6) is 1.30. The first-order valence-corrected chi connectivity index (χ1v) is 7.16. The molecule has 7 heteroatoms. The molecule has 0 unspecified atom stereocenters. The van der Waals surface area contributed by atoms with Gasteiger partial charge in [-0.1, -0.05) is 0 Å². The van der Waals surface area contributed by atoms with Crippen LogP contribution in [-0.2, 0) is 4.79 Å². The molecule has 2 N–H and O–H groups in total. The number of halogens is 1. The summed E-state index contributed by atoms with van der Waals surface area (Å²) in [7, 11) is 1.84. The van der Waals surface area contributed by atoms with Gasteiger partial charge in [-0.3, -0.25) is 4.79 Å². The number of rotatable bonds is 6. The minimum Gasteiger partial charge on any atom is -0.354 e. The second kappa shape index (κ2) is 6.18. The molecule has 0 saturated heterocycles. The van der Waals surface area contributed by atoms with E-state index in [-0.39, 0.29) is 12.5 Å². The van der Waals surface area contributed by atoms with Gasteiger partial charge in [-0.15, -0.1) is 0 Å². The lowest BCUT2D eigenvalue weighted by molar-refractivity contribution is -0.119. The second-order valence-corrected chi connectivity index (χ2v) is 5.45. The molecule has 0 spiro atoms. The van der Waals surface area contributed by atoms with Crippen LogP contribution in [-0.4, -0.2) is 42.1 Å². The zero-order chi connectivity index (χ0) is 13.8. The SMILES string of the molecule is CCNc1ncc(Br)c(N(C)CC(=O)NC2CC2)n1.